The van der Waals surface area contributed by atoms with Gasteiger partial charge in [0.25, 0.3) is 0 Å². The molecular weight excluding hydrogens is 1050 g/mol. The molecule has 0 bridgehead atoms. The number of nitrogens with zero attached hydrogens (tertiary/aromatic N) is 11. The van der Waals surface area contributed by atoms with E-state index in [1.54, 1.807) is 19.1 Å². The normalized spacial score (nSPS) is 13.6. The Hall–Kier alpha value is -10.7. The first-order valence-corrected chi connectivity index (χ1v) is 25.5. The lowest BCUT2D eigenvalue weighted by atomic mass is 9.73. The second-order valence-electron chi connectivity index (χ2n) is 15.9. The molecule has 2 aromatic carbocycles. The number of rotatable bonds is 8. The Morgan fingerprint density at radius 3 is 1.88 bits per heavy atom. The summed E-state index contributed by atoms with van der Waals surface area (Å²) in [6, 6.07) is 14.0. The molecule has 7 rings (SSSR count). The lowest BCUT2D eigenvalue weighted by molar-refractivity contribution is -0.478. The van der Waals surface area contributed by atoms with Crippen molar-refractivity contribution in [2.24, 2.45) is 42.3 Å². The molecule has 1 aliphatic carbocycles. The molecule has 418 valence electrons. The molecule has 3 aromatic rings. The molecule has 0 saturated carbocycles. The van der Waals surface area contributed by atoms with E-state index >= 15 is 0 Å². The zero-order chi connectivity index (χ0) is 57.3. The van der Waals surface area contributed by atoms with Crippen LogP contribution in [0.2, 0.25) is 0 Å². The monoisotopic (exact) mass is 1120 g/mol. The van der Waals surface area contributed by atoms with Crippen molar-refractivity contribution in [2.45, 2.75) is 63.1 Å². The van der Waals surface area contributed by atoms with E-state index in [0.29, 0.717) is 41.6 Å². The van der Waals surface area contributed by atoms with E-state index in [9.17, 15) is 13.5 Å². The number of hydrogen-bond donors (Lipinski definition) is 5. The minimum atomic E-state index is -3.35. The first kappa shape index (κ1) is 60.2. The van der Waals surface area contributed by atoms with Gasteiger partial charge in [-0.15, -0.1) is 6.42 Å². The topological polar surface area (TPSA) is 253 Å². The van der Waals surface area contributed by atoms with Crippen LogP contribution in [-0.4, -0.2) is 65.8 Å². The number of sulfone groups is 1. The van der Waals surface area contributed by atoms with Gasteiger partial charge < -0.3 is 20.6 Å². The summed E-state index contributed by atoms with van der Waals surface area (Å²) in [6.45, 7) is 4.22. The van der Waals surface area contributed by atoms with E-state index < -0.39 is 9.84 Å². The third kappa shape index (κ3) is 18.0. The van der Waals surface area contributed by atoms with Crippen molar-refractivity contribution in [3.05, 3.63) is 76.2 Å². The fraction of sp³-hybridized carbons (Fsp3) is 0.237. The van der Waals surface area contributed by atoms with Crippen LogP contribution in [0.15, 0.2) is 78.5 Å². The number of thiol groups is 1. The van der Waals surface area contributed by atoms with Crippen molar-refractivity contribution in [3.8, 4) is 166 Å². The lowest BCUT2D eigenvalue weighted by Crippen LogP contribution is -2.45. The van der Waals surface area contributed by atoms with Gasteiger partial charge >= 0.3 is 0 Å². The fourth-order valence-electron chi connectivity index (χ4n) is 8.16. The summed E-state index contributed by atoms with van der Waals surface area (Å²) in [5.41, 5.74) is 19.3. The smallest absolute Gasteiger partial charge is 0.175 e. The van der Waals surface area contributed by atoms with Crippen molar-refractivity contribution in [3.63, 3.8) is 0 Å². The van der Waals surface area contributed by atoms with E-state index in [1.165, 1.54) is 17.4 Å². The van der Waals surface area contributed by atoms with Crippen molar-refractivity contribution in [1.82, 2.24) is 15.3 Å². The second kappa shape index (κ2) is 32.7. The van der Waals surface area contributed by atoms with Crippen LogP contribution >= 0.6 is 12.9 Å². The summed E-state index contributed by atoms with van der Waals surface area (Å²) in [5.74, 6) is 68.3. The van der Waals surface area contributed by atoms with E-state index in [-0.39, 0.29) is 43.4 Å². The third-order valence-electron chi connectivity index (χ3n) is 11.3. The molecule has 4 heterocycles. The predicted octanol–water partition coefficient (Wildman–Crippen LogP) is 8.21. The quantitative estimate of drug-likeness (QED) is 0.0357. The Morgan fingerprint density at radius 2 is 1.38 bits per heavy atom. The summed E-state index contributed by atoms with van der Waals surface area (Å²) in [5, 5.41) is 32.0. The van der Waals surface area contributed by atoms with Crippen LogP contribution in [-0.2, 0) is 45.1 Å². The number of aliphatic hydroxyl groups is 1. The molecule has 1 atom stereocenters. The summed E-state index contributed by atoms with van der Waals surface area (Å²) >= 11 is 3.18. The number of aliphatic hydroxyl groups excluding tert-OH is 1. The number of hydrogen-bond acceptors (Lipinski definition) is 15. The van der Waals surface area contributed by atoms with Crippen LogP contribution in [0.5, 0.6) is 0 Å². The molecule has 21 heteroatoms. The number of aromatic nitrogens is 2. The number of terminal acetylenes is 1. The number of benzene rings is 2. The van der Waals surface area contributed by atoms with Gasteiger partial charge in [-0.1, -0.05) is 41.2 Å². The minimum Gasteiger partial charge on any atom is -0.390 e. The first-order chi connectivity index (χ1) is 39.0. The van der Waals surface area contributed by atoms with Crippen LogP contribution in [0, 0.1) is 177 Å². The van der Waals surface area contributed by atoms with E-state index in [0.717, 1.165) is 61.5 Å². The fourth-order valence-corrected chi connectivity index (χ4v) is 9.21. The number of piperidine rings is 1. The predicted molar refractivity (Wildman–Crippen MR) is 330 cm³/mol. The van der Waals surface area contributed by atoms with Gasteiger partial charge in [-0.05, 0) is 184 Å². The average Bonchev–Trinajstić information content (AvgIpc) is 1.43. The largest absolute Gasteiger partial charge is 0.390 e. The highest BCUT2D eigenvalue weighted by Crippen LogP contribution is 2.51. The first-order valence-electron chi connectivity index (χ1n) is 23.3. The maximum absolute atomic E-state index is 12.4. The molecule has 4 aliphatic rings. The van der Waals surface area contributed by atoms with Gasteiger partial charge in [0.05, 0.1) is 23.7 Å². The Bertz CT molecular complexity index is 4080. The van der Waals surface area contributed by atoms with Crippen molar-refractivity contribution in [1.29, 1.82) is 5.53 Å². The standard InChI is InChI=1S/C30H34N6O3S.C29H4.H3N7O3S.14H2/c1-40(38,39)25-10-4-9-24-21(25)8-5-13-36(24)29-26-22(17-32-29)34-28(23(18-37)33-26)35-14-11-30(12-15-35)16-19-6-2-3-7-20(19)27(30)31;1-3-5-7-9-11-13-15-17-19-21-23-25-27-29-28-26-24-22-20-18-16-14-12-10-8-6-4-2;1-2-3-4-5-6-7(9-8)10-11;;;;;;;;;;;;;;/h2-4,6-7,9-10,27,37H,5,8,11-18,31H2,1H3;1H,2H3;1,8,11H;14*1H/b;;2-1?,4-3+,6-5+;;;;;;;;;;;;;;/t27-;;;;;;;;;;;;;;;;/m1................/s1. The third-order valence-corrected chi connectivity index (χ3v) is 12.7. The average molecular weight is 1120 g/mol. The maximum Gasteiger partial charge on any atom is 0.175 e. The van der Waals surface area contributed by atoms with Gasteiger partial charge in [-0.25, -0.2) is 23.6 Å². The van der Waals surface area contributed by atoms with E-state index in [1.807, 2.05) is 6.07 Å². The molecule has 5 N–H and O–H groups in total. The van der Waals surface area contributed by atoms with Crippen molar-refractivity contribution in [2.75, 3.05) is 35.7 Å². The van der Waals surface area contributed by atoms with Crippen LogP contribution < -0.4 is 15.5 Å². The molecule has 80 heavy (non-hydrogen) atoms. The minimum absolute atomic E-state index is 0. The number of nitrogens with two attached hydrogens (primary N) is 1. The lowest BCUT2D eigenvalue weighted by Gasteiger charge is -2.43. The summed E-state index contributed by atoms with van der Waals surface area (Å²) < 4.78 is 28.8. The number of fused-ring (bicyclic) bond motifs is 3. The van der Waals surface area contributed by atoms with Crippen molar-refractivity contribution < 1.29 is 48.0 Å². The number of nitrogens with one attached hydrogen (secondary N) is 1. The SMILES string of the molecule is C#CC#CC#CC#CC#CC#CC#CC#CC#CC#CC#CC#CC#CC#CC.CS(=O)(=O)c1cccc2c1CCCN2C1=NCc2nc(N3CCC4(CC3)Cc3ccccc3[C@H]4N)c(CO)nc21.N=N/N=N/N=N/N(OO)OS.[HH].[HH].[HH].[HH].[HH].[HH].[HH].[HH].[HH].[HH].[HH].[HH].[HH].[HH]. The Kier molecular flexibility index (Phi) is 24.6. The molecule has 3 aliphatic heterocycles. The molecule has 1 saturated heterocycles. The van der Waals surface area contributed by atoms with Gasteiger partial charge in [0.15, 0.2) is 21.5 Å². The second-order valence-corrected chi connectivity index (χ2v) is 18.1. The maximum atomic E-state index is 12.4. The summed E-state index contributed by atoms with van der Waals surface area (Å²) in [4.78, 5) is 22.8. The van der Waals surface area contributed by atoms with Gasteiger partial charge in [0.2, 0.25) is 0 Å². The molecule has 1 aromatic heterocycles. The molecule has 0 unspecified atom stereocenters. The van der Waals surface area contributed by atoms with Gasteiger partial charge in [0.1, 0.15) is 11.4 Å². The Balaban J connectivity index is -0.000000147. The summed E-state index contributed by atoms with van der Waals surface area (Å²) in [6.07, 6.45) is 10.6. The van der Waals surface area contributed by atoms with Gasteiger partial charge in [-0.2, -0.15) is 9.81 Å². The van der Waals surface area contributed by atoms with E-state index in [4.69, 9.17) is 37.9 Å². The van der Waals surface area contributed by atoms with Crippen LogP contribution in [0.25, 0.3) is 0 Å². The number of anilines is 2. The molecule has 0 radical (unpaired) electrons. The molecule has 19 nitrogen and oxygen atoms in total. The highest BCUT2D eigenvalue weighted by molar-refractivity contribution is 7.90. The highest BCUT2D eigenvalue weighted by atomic mass is 32.2. The zero-order valence-corrected chi connectivity index (χ0v) is 44.4. The van der Waals surface area contributed by atoms with Crippen LogP contribution in [0.3, 0.4) is 0 Å². The van der Waals surface area contributed by atoms with E-state index in [2.05, 4.69) is 242 Å². The van der Waals surface area contributed by atoms with Crippen LogP contribution in [0.4, 0.5) is 11.5 Å². The van der Waals surface area contributed by atoms with Gasteiger partial charge in [-0.3, -0.25) is 4.99 Å². The molecular formula is C59H69N13O6S2. The number of aliphatic imine (C=N–C) groups is 1. The summed E-state index contributed by atoms with van der Waals surface area (Å²) in [7, 11) is -3.35. The van der Waals surface area contributed by atoms with Gasteiger partial charge in [0, 0.05) is 145 Å². The Labute approximate surface area is 491 Å². The number of amidine groups is 1. The van der Waals surface area contributed by atoms with Crippen LogP contribution in [0.1, 0.15) is 86.0 Å². The zero-order valence-electron chi connectivity index (χ0n) is 42.6. The Morgan fingerprint density at radius 1 is 0.812 bits per heavy atom. The highest BCUT2D eigenvalue weighted by Gasteiger charge is 2.46. The van der Waals surface area contributed by atoms with Crippen molar-refractivity contribution >= 4 is 40.1 Å². The molecule has 1 spiro atoms. The molecule has 0 amide bonds. The molecule has 1 fully saturated rings.